The van der Waals surface area contributed by atoms with Gasteiger partial charge in [-0.2, -0.15) is 10.5 Å². The molecule has 2 aromatic rings. The number of rotatable bonds is 2. The second-order valence-electron chi connectivity index (χ2n) is 3.50. The summed E-state index contributed by atoms with van der Waals surface area (Å²) in [4.78, 5) is 0. The van der Waals surface area contributed by atoms with Crippen molar-refractivity contribution in [1.29, 1.82) is 10.5 Å². The van der Waals surface area contributed by atoms with E-state index in [1.165, 1.54) is 0 Å². The highest BCUT2D eigenvalue weighted by atomic mass is 79.9. The van der Waals surface area contributed by atoms with E-state index in [-0.39, 0.29) is 0 Å². The predicted octanol–water partition coefficient (Wildman–Crippen LogP) is 3.98. The molecule has 0 aromatic heterocycles. The monoisotopic (exact) mass is 298 g/mol. The van der Waals surface area contributed by atoms with Gasteiger partial charge >= 0.3 is 0 Å². The molecule has 2 rings (SSSR count). The summed E-state index contributed by atoms with van der Waals surface area (Å²) in [5.74, 6) is 1.26. The van der Waals surface area contributed by atoms with E-state index in [0.29, 0.717) is 27.1 Å². The van der Waals surface area contributed by atoms with Gasteiger partial charge in [-0.15, -0.1) is 0 Å². The molecule has 0 bridgehead atoms. The average molecular weight is 299 g/mol. The summed E-state index contributed by atoms with van der Waals surface area (Å²) in [6, 6.07) is 16.0. The standard InChI is InChI=1S/C14H7BrN2O/c15-13-7-11(9-17)3-6-14(13)18-12-4-1-10(8-16)2-5-12/h1-7H. The molecule has 0 unspecified atom stereocenters. The van der Waals surface area contributed by atoms with Gasteiger partial charge in [-0.1, -0.05) is 0 Å². The zero-order valence-corrected chi connectivity index (χ0v) is 10.8. The minimum Gasteiger partial charge on any atom is -0.456 e. The van der Waals surface area contributed by atoms with E-state index in [9.17, 15) is 0 Å². The summed E-state index contributed by atoms with van der Waals surface area (Å²) in [6.45, 7) is 0. The van der Waals surface area contributed by atoms with Crippen molar-refractivity contribution in [3.8, 4) is 23.6 Å². The third kappa shape index (κ3) is 2.68. The van der Waals surface area contributed by atoms with Gasteiger partial charge in [-0.3, -0.25) is 0 Å². The van der Waals surface area contributed by atoms with Gasteiger partial charge in [0, 0.05) is 0 Å². The molecule has 0 saturated carbocycles. The number of halogens is 1. The largest absolute Gasteiger partial charge is 0.456 e. The molecule has 0 amide bonds. The number of nitrogens with zero attached hydrogens (tertiary/aromatic N) is 2. The molecule has 0 aliphatic carbocycles. The van der Waals surface area contributed by atoms with Crippen molar-refractivity contribution in [1.82, 2.24) is 0 Å². The van der Waals surface area contributed by atoms with Gasteiger partial charge in [0.1, 0.15) is 11.5 Å². The van der Waals surface area contributed by atoms with E-state index >= 15 is 0 Å². The van der Waals surface area contributed by atoms with E-state index in [1.807, 2.05) is 6.07 Å². The van der Waals surface area contributed by atoms with E-state index in [2.05, 4.69) is 22.0 Å². The molecule has 0 aliphatic rings. The fourth-order valence-corrected chi connectivity index (χ4v) is 1.84. The van der Waals surface area contributed by atoms with Crippen molar-refractivity contribution < 1.29 is 4.74 Å². The summed E-state index contributed by atoms with van der Waals surface area (Å²) < 4.78 is 6.36. The molecule has 0 heterocycles. The van der Waals surface area contributed by atoms with Crippen LogP contribution in [0, 0.1) is 22.7 Å². The van der Waals surface area contributed by atoms with Gasteiger partial charge in [0.2, 0.25) is 0 Å². The lowest BCUT2D eigenvalue weighted by molar-refractivity contribution is 0.479. The normalized spacial score (nSPS) is 9.28. The first kappa shape index (κ1) is 12.2. The summed E-state index contributed by atoms with van der Waals surface area (Å²) in [7, 11) is 0. The van der Waals surface area contributed by atoms with Crippen LogP contribution in [0.15, 0.2) is 46.9 Å². The Bertz CT molecular complexity index is 651. The number of ether oxygens (including phenoxy) is 1. The Morgan fingerprint density at radius 3 is 2.06 bits per heavy atom. The summed E-state index contributed by atoms with van der Waals surface area (Å²) >= 11 is 3.35. The second-order valence-corrected chi connectivity index (χ2v) is 4.35. The van der Waals surface area contributed by atoms with E-state index in [1.54, 1.807) is 42.5 Å². The molecular formula is C14H7BrN2O. The minimum atomic E-state index is 0.564. The summed E-state index contributed by atoms with van der Waals surface area (Å²) in [5, 5.41) is 17.4. The quantitative estimate of drug-likeness (QED) is 0.842. The maximum absolute atomic E-state index is 8.76. The molecule has 3 nitrogen and oxygen atoms in total. The molecule has 0 atom stereocenters. The Hall–Kier alpha value is -2.30. The molecule has 0 radical (unpaired) electrons. The predicted molar refractivity (Wildman–Crippen MR) is 70.1 cm³/mol. The lowest BCUT2D eigenvalue weighted by Gasteiger charge is -2.07. The highest BCUT2D eigenvalue weighted by Gasteiger charge is 2.04. The minimum absolute atomic E-state index is 0.564. The zero-order chi connectivity index (χ0) is 13.0. The van der Waals surface area contributed by atoms with Gasteiger partial charge in [0.15, 0.2) is 0 Å². The zero-order valence-electron chi connectivity index (χ0n) is 9.22. The van der Waals surface area contributed by atoms with Crippen molar-refractivity contribution in [3.05, 3.63) is 58.1 Å². The molecule has 86 valence electrons. The van der Waals surface area contributed by atoms with Crippen molar-refractivity contribution >= 4 is 15.9 Å². The van der Waals surface area contributed by atoms with Gasteiger partial charge in [0.05, 0.1) is 27.7 Å². The highest BCUT2D eigenvalue weighted by molar-refractivity contribution is 9.10. The molecular weight excluding hydrogens is 292 g/mol. The first-order valence-corrected chi connectivity index (χ1v) is 5.90. The number of nitriles is 2. The summed E-state index contributed by atoms with van der Waals surface area (Å²) in [6.07, 6.45) is 0. The van der Waals surface area contributed by atoms with Crippen LogP contribution in [0.2, 0.25) is 0 Å². The van der Waals surface area contributed by atoms with E-state index < -0.39 is 0 Å². The lowest BCUT2D eigenvalue weighted by atomic mass is 10.2. The van der Waals surface area contributed by atoms with Crippen LogP contribution < -0.4 is 4.74 Å². The molecule has 18 heavy (non-hydrogen) atoms. The fourth-order valence-electron chi connectivity index (χ4n) is 1.38. The molecule has 0 fully saturated rings. The Labute approximate surface area is 113 Å². The Morgan fingerprint density at radius 2 is 1.50 bits per heavy atom. The van der Waals surface area contributed by atoms with E-state index in [0.717, 1.165) is 0 Å². The summed E-state index contributed by atoms with van der Waals surface area (Å²) in [5.41, 5.74) is 1.15. The fraction of sp³-hybridized carbons (Fsp3) is 0. The van der Waals surface area contributed by atoms with Gasteiger partial charge in [0.25, 0.3) is 0 Å². The molecule has 2 aromatic carbocycles. The SMILES string of the molecule is N#Cc1ccc(Oc2ccc(C#N)cc2Br)cc1. The number of hydrogen-bond donors (Lipinski definition) is 0. The van der Waals surface area contributed by atoms with Crippen molar-refractivity contribution in [2.24, 2.45) is 0 Å². The van der Waals surface area contributed by atoms with Crippen LogP contribution in [-0.4, -0.2) is 0 Å². The molecule has 0 spiro atoms. The molecule has 4 heteroatoms. The van der Waals surface area contributed by atoms with Gasteiger partial charge in [-0.25, -0.2) is 0 Å². The second kappa shape index (κ2) is 5.35. The van der Waals surface area contributed by atoms with Gasteiger partial charge in [-0.05, 0) is 58.4 Å². The van der Waals surface area contributed by atoms with Gasteiger partial charge < -0.3 is 4.74 Å². The van der Waals surface area contributed by atoms with Crippen LogP contribution in [0.25, 0.3) is 0 Å². The smallest absolute Gasteiger partial charge is 0.141 e. The van der Waals surface area contributed by atoms with Crippen LogP contribution in [0.1, 0.15) is 11.1 Å². The highest BCUT2D eigenvalue weighted by Crippen LogP contribution is 2.30. The van der Waals surface area contributed by atoms with Crippen molar-refractivity contribution in [2.75, 3.05) is 0 Å². The third-order valence-electron chi connectivity index (χ3n) is 2.27. The molecule has 0 N–H and O–H groups in total. The molecule has 0 aliphatic heterocycles. The topological polar surface area (TPSA) is 56.8 Å². The van der Waals surface area contributed by atoms with Crippen LogP contribution in [0.3, 0.4) is 0 Å². The Kier molecular flexibility index (Phi) is 3.62. The third-order valence-corrected chi connectivity index (χ3v) is 2.89. The van der Waals surface area contributed by atoms with Crippen molar-refractivity contribution in [2.45, 2.75) is 0 Å². The number of benzene rings is 2. The maximum Gasteiger partial charge on any atom is 0.141 e. The van der Waals surface area contributed by atoms with Crippen LogP contribution in [0.4, 0.5) is 0 Å². The number of hydrogen-bond acceptors (Lipinski definition) is 3. The van der Waals surface area contributed by atoms with Crippen LogP contribution >= 0.6 is 15.9 Å². The Balaban J connectivity index is 2.24. The van der Waals surface area contributed by atoms with Crippen LogP contribution in [0.5, 0.6) is 11.5 Å². The van der Waals surface area contributed by atoms with Crippen molar-refractivity contribution in [3.63, 3.8) is 0 Å². The molecule has 0 saturated heterocycles. The average Bonchev–Trinajstić information content (AvgIpc) is 2.42. The first-order chi connectivity index (χ1) is 8.72. The van der Waals surface area contributed by atoms with E-state index in [4.69, 9.17) is 15.3 Å². The first-order valence-electron chi connectivity index (χ1n) is 5.10. The van der Waals surface area contributed by atoms with Crippen LogP contribution in [-0.2, 0) is 0 Å². The Morgan fingerprint density at radius 1 is 0.889 bits per heavy atom. The lowest BCUT2D eigenvalue weighted by Crippen LogP contribution is -1.86. The maximum atomic E-state index is 8.76.